The van der Waals surface area contributed by atoms with Crippen LogP contribution in [-0.4, -0.2) is 22.4 Å². The Kier molecular flexibility index (Phi) is 7.34. The fourth-order valence-corrected chi connectivity index (χ4v) is 4.30. The van der Waals surface area contributed by atoms with Crippen LogP contribution >= 0.6 is 27.7 Å². The Balaban J connectivity index is 1.56. The number of amides is 1. The van der Waals surface area contributed by atoms with Crippen LogP contribution in [0.15, 0.2) is 64.2 Å². The second-order valence-corrected chi connectivity index (χ2v) is 8.75. The van der Waals surface area contributed by atoms with Crippen molar-refractivity contribution in [3.05, 3.63) is 87.1 Å². The maximum absolute atomic E-state index is 12.1. The molecule has 0 radical (unpaired) electrons. The van der Waals surface area contributed by atoms with Crippen LogP contribution in [0.3, 0.4) is 0 Å². The van der Waals surface area contributed by atoms with Gasteiger partial charge in [0.05, 0.1) is 12.0 Å². The maximum Gasteiger partial charge on any atom is 0.250 e. The lowest BCUT2D eigenvalue weighted by Gasteiger charge is -2.09. The summed E-state index contributed by atoms with van der Waals surface area (Å²) in [6, 6.07) is 18.5. The van der Waals surface area contributed by atoms with Crippen molar-refractivity contribution < 1.29 is 4.79 Å². The van der Waals surface area contributed by atoms with Gasteiger partial charge in [0.2, 0.25) is 5.91 Å². The number of rotatable bonds is 7. The van der Waals surface area contributed by atoms with Crippen LogP contribution in [0.2, 0.25) is 0 Å². The fourth-order valence-electron chi connectivity index (χ4n) is 3.14. The van der Waals surface area contributed by atoms with Crippen molar-refractivity contribution in [3.63, 3.8) is 0 Å². The van der Waals surface area contributed by atoms with E-state index in [1.165, 1.54) is 11.1 Å². The number of hydrazone groups is 1. The number of hydrogen-bond donors (Lipinski definition) is 1. The van der Waals surface area contributed by atoms with Crippen molar-refractivity contribution in [2.24, 2.45) is 5.10 Å². The first-order valence-electron chi connectivity index (χ1n) is 9.34. The molecule has 1 heterocycles. The Labute approximate surface area is 184 Å². The summed E-state index contributed by atoms with van der Waals surface area (Å²) < 4.78 is 3.22. The molecule has 0 aliphatic carbocycles. The minimum atomic E-state index is -0.0958. The molecule has 1 N–H and O–H groups in total. The van der Waals surface area contributed by atoms with Gasteiger partial charge >= 0.3 is 0 Å². The molecule has 3 rings (SSSR count). The highest BCUT2D eigenvalue weighted by molar-refractivity contribution is 9.10. The standard InChI is InChI=1S/C23H24BrN3OS/c1-16-6-4-5-7-19(16)14-29-15-23(28)26-25-13-20-12-17(2)27(18(20)3)22-10-8-21(24)9-11-22/h4-13H,14-15H2,1-3H3,(H,26,28)/b25-13-. The molecular formula is C23H24BrN3OS. The summed E-state index contributed by atoms with van der Waals surface area (Å²) in [7, 11) is 0. The van der Waals surface area contributed by atoms with Crippen molar-refractivity contribution in [1.29, 1.82) is 0 Å². The van der Waals surface area contributed by atoms with E-state index in [1.54, 1.807) is 18.0 Å². The van der Waals surface area contributed by atoms with Crippen LogP contribution in [0, 0.1) is 20.8 Å². The molecule has 1 amide bonds. The van der Waals surface area contributed by atoms with Crippen LogP contribution in [0.5, 0.6) is 0 Å². The average Bonchev–Trinajstić information content (AvgIpc) is 2.98. The Morgan fingerprint density at radius 2 is 1.86 bits per heavy atom. The van der Waals surface area contributed by atoms with Gasteiger partial charge in [-0.1, -0.05) is 40.2 Å². The zero-order chi connectivity index (χ0) is 20.8. The second-order valence-electron chi connectivity index (χ2n) is 6.85. The molecule has 29 heavy (non-hydrogen) atoms. The van der Waals surface area contributed by atoms with Gasteiger partial charge in [0, 0.05) is 32.9 Å². The first kappa shape index (κ1) is 21.4. The van der Waals surface area contributed by atoms with E-state index in [-0.39, 0.29) is 5.91 Å². The SMILES string of the molecule is Cc1ccccc1CSCC(=O)N/N=C\c1cc(C)n(-c2ccc(Br)cc2)c1C. The van der Waals surface area contributed by atoms with Crippen LogP contribution in [0.1, 0.15) is 28.1 Å². The third-order valence-electron chi connectivity index (χ3n) is 4.70. The summed E-state index contributed by atoms with van der Waals surface area (Å²) in [5.41, 5.74) is 9.42. The zero-order valence-corrected chi connectivity index (χ0v) is 19.2. The smallest absolute Gasteiger partial charge is 0.250 e. The van der Waals surface area contributed by atoms with E-state index in [9.17, 15) is 4.79 Å². The van der Waals surface area contributed by atoms with E-state index in [2.05, 4.69) is 82.1 Å². The average molecular weight is 470 g/mol. The number of aromatic nitrogens is 1. The van der Waals surface area contributed by atoms with E-state index >= 15 is 0 Å². The van der Waals surface area contributed by atoms with Crippen molar-refractivity contribution in [2.45, 2.75) is 26.5 Å². The number of carbonyl (C=O) groups excluding carboxylic acids is 1. The molecule has 0 aliphatic heterocycles. The summed E-state index contributed by atoms with van der Waals surface area (Å²) in [5.74, 6) is 1.10. The number of halogens is 1. The van der Waals surface area contributed by atoms with E-state index in [0.29, 0.717) is 5.75 Å². The number of hydrogen-bond acceptors (Lipinski definition) is 3. The van der Waals surface area contributed by atoms with Crippen molar-refractivity contribution in [3.8, 4) is 5.69 Å². The van der Waals surface area contributed by atoms with Gasteiger partial charge in [0.15, 0.2) is 0 Å². The van der Waals surface area contributed by atoms with Crippen LogP contribution in [0.25, 0.3) is 5.69 Å². The monoisotopic (exact) mass is 469 g/mol. The normalized spacial score (nSPS) is 11.2. The van der Waals surface area contributed by atoms with E-state index in [1.807, 2.05) is 24.3 Å². The first-order chi connectivity index (χ1) is 14.0. The lowest BCUT2D eigenvalue weighted by molar-refractivity contribution is -0.118. The van der Waals surface area contributed by atoms with E-state index < -0.39 is 0 Å². The summed E-state index contributed by atoms with van der Waals surface area (Å²) >= 11 is 5.06. The van der Waals surface area contributed by atoms with Crippen molar-refractivity contribution >= 4 is 39.8 Å². The Morgan fingerprint density at radius 3 is 2.59 bits per heavy atom. The molecule has 3 aromatic rings. The Bertz CT molecular complexity index is 1030. The largest absolute Gasteiger partial charge is 0.318 e. The summed E-state index contributed by atoms with van der Waals surface area (Å²) in [5, 5.41) is 4.15. The molecule has 1 aromatic heterocycles. The number of nitrogens with one attached hydrogen (secondary N) is 1. The van der Waals surface area contributed by atoms with Gasteiger partial charge in [0.25, 0.3) is 0 Å². The molecule has 0 bridgehead atoms. The van der Waals surface area contributed by atoms with Crippen molar-refractivity contribution in [2.75, 3.05) is 5.75 Å². The van der Waals surface area contributed by atoms with Gasteiger partial charge in [-0.2, -0.15) is 5.10 Å². The molecule has 0 fully saturated rings. The first-order valence-corrected chi connectivity index (χ1v) is 11.3. The molecule has 6 heteroatoms. The summed E-state index contributed by atoms with van der Waals surface area (Å²) in [4.78, 5) is 12.1. The van der Waals surface area contributed by atoms with Crippen LogP contribution < -0.4 is 5.43 Å². The van der Waals surface area contributed by atoms with Gasteiger partial charge in [-0.3, -0.25) is 4.79 Å². The molecule has 2 aromatic carbocycles. The minimum absolute atomic E-state index is 0.0958. The van der Waals surface area contributed by atoms with Gasteiger partial charge in [-0.05, 0) is 62.2 Å². The number of benzene rings is 2. The van der Waals surface area contributed by atoms with Gasteiger partial charge in [-0.15, -0.1) is 11.8 Å². The summed E-state index contributed by atoms with van der Waals surface area (Å²) in [6.45, 7) is 6.20. The minimum Gasteiger partial charge on any atom is -0.318 e. The molecule has 0 aliphatic rings. The number of carbonyl (C=O) groups is 1. The highest BCUT2D eigenvalue weighted by Crippen LogP contribution is 2.21. The Hall–Kier alpha value is -2.31. The van der Waals surface area contributed by atoms with Gasteiger partial charge in [0.1, 0.15) is 0 Å². The topological polar surface area (TPSA) is 46.4 Å². The third-order valence-corrected chi connectivity index (χ3v) is 6.21. The predicted molar refractivity (Wildman–Crippen MR) is 126 cm³/mol. The van der Waals surface area contributed by atoms with E-state index in [4.69, 9.17) is 0 Å². The molecule has 150 valence electrons. The zero-order valence-electron chi connectivity index (χ0n) is 16.8. The maximum atomic E-state index is 12.1. The predicted octanol–water partition coefficient (Wildman–Crippen LogP) is 5.55. The molecule has 0 saturated carbocycles. The number of thioether (sulfide) groups is 1. The number of aryl methyl sites for hydroxylation is 2. The van der Waals surface area contributed by atoms with Crippen LogP contribution in [0.4, 0.5) is 0 Å². The summed E-state index contributed by atoms with van der Waals surface area (Å²) in [6.07, 6.45) is 1.71. The lowest BCUT2D eigenvalue weighted by Crippen LogP contribution is -2.19. The van der Waals surface area contributed by atoms with Gasteiger partial charge < -0.3 is 4.57 Å². The van der Waals surface area contributed by atoms with Crippen LogP contribution in [-0.2, 0) is 10.5 Å². The fraction of sp³-hybridized carbons (Fsp3) is 0.217. The molecular weight excluding hydrogens is 446 g/mol. The molecule has 0 atom stereocenters. The quantitative estimate of drug-likeness (QED) is 0.364. The molecule has 0 saturated heterocycles. The number of nitrogens with zero attached hydrogens (tertiary/aromatic N) is 2. The Morgan fingerprint density at radius 1 is 1.14 bits per heavy atom. The molecule has 4 nitrogen and oxygen atoms in total. The second kappa shape index (κ2) is 9.94. The van der Waals surface area contributed by atoms with Gasteiger partial charge in [-0.25, -0.2) is 5.43 Å². The third kappa shape index (κ3) is 5.61. The molecule has 0 spiro atoms. The van der Waals surface area contributed by atoms with Crippen molar-refractivity contribution in [1.82, 2.24) is 9.99 Å². The molecule has 0 unspecified atom stereocenters. The highest BCUT2D eigenvalue weighted by atomic mass is 79.9. The van der Waals surface area contributed by atoms with E-state index in [0.717, 1.165) is 32.9 Å². The highest BCUT2D eigenvalue weighted by Gasteiger charge is 2.09. The lowest BCUT2D eigenvalue weighted by atomic mass is 10.1.